The Morgan fingerprint density at radius 3 is 2.96 bits per heavy atom. The highest BCUT2D eigenvalue weighted by Gasteiger charge is 2.17. The maximum absolute atomic E-state index is 12.0. The highest BCUT2D eigenvalue weighted by Crippen LogP contribution is 2.14. The standard InChI is InChI=1S/C15H21N7O/c1-21(2)14-11(5-3-7-16-14)9-17-15(23)18-10-13-20-19-12-6-4-8-22(12)13/h3,5,7H,4,6,8-10H2,1-2H3,(H2,17,18,23). The van der Waals surface area contributed by atoms with Crippen LogP contribution in [0, 0.1) is 0 Å². The van der Waals surface area contributed by atoms with E-state index in [-0.39, 0.29) is 6.03 Å². The molecular formula is C15H21N7O. The first kappa shape index (κ1) is 15.3. The number of pyridine rings is 1. The van der Waals surface area contributed by atoms with Gasteiger partial charge in [-0.1, -0.05) is 6.07 Å². The van der Waals surface area contributed by atoms with Crippen LogP contribution in [0.1, 0.15) is 23.6 Å². The highest BCUT2D eigenvalue weighted by molar-refractivity contribution is 5.73. The number of carbonyl (C=O) groups is 1. The smallest absolute Gasteiger partial charge is 0.315 e. The molecule has 2 aromatic heterocycles. The van der Waals surface area contributed by atoms with Crippen molar-refractivity contribution < 1.29 is 4.79 Å². The topological polar surface area (TPSA) is 88.0 Å². The van der Waals surface area contributed by atoms with Crippen molar-refractivity contribution in [3.8, 4) is 0 Å². The Morgan fingerprint density at radius 2 is 2.13 bits per heavy atom. The fraction of sp³-hybridized carbons (Fsp3) is 0.467. The quantitative estimate of drug-likeness (QED) is 0.847. The van der Waals surface area contributed by atoms with Crippen LogP contribution in [0.25, 0.3) is 0 Å². The van der Waals surface area contributed by atoms with Gasteiger partial charge >= 0.3 is 6.03 Å². The van der Waals surface area contributed by atoms with E-state index in [2.05, 4.69) is 30.4 Å². The number of carbonyl (C=O) groups excluding carboxylic acids is 1. The second-order valence-corrected chi connectivity index (χ2v) is 5.70. The number of urea groups is 1. The number of fused-ring (bicyclic) bond motifs is 1. The molecule has 122 valence electrons. The maximum atomic E-state index is 12.0. The molecule has 2 N–H and O–H groups in total. The van der Waals surface area contributed by atoms with E-state index in [1.54, 1.807) is 6.20 Å². The minimum Gasteiger partial charge on any atom is -0.362 e. The number of anilines is 1. The third-order valence-electron chi connectivity index (χ3n) is 3.82. The van der Waals surface area contributed by atoms with Crippen LogP contribution in [0.2, 0.25) is 0 Å². The van der Waals surface area contributed by atoms with Crippen molar-refractivity contribution in [1.29, 1.82) is 0 Å². The van der Waals surface area contributed by atoms with Gasteiger partial charge in [-0.2, -0.15) is 0 Å². The van der Waals surface area contributed by atoms with Gasteiger partial charge in [-0.3, -0.25) is 0 Å². The molecule has 1 aliphatic rings. The van der Waals surface area contributed by atoms with Gasteiger partial charge in [0.05, 0.1) is 6.54 Å². The van der Waals surface area contributed by atoms with Gasteiger partial charge < -0.3 is 20.1 Å². The van der Waals surface area contributed by atoms with Crippen molar-refractivity contribution in [1.82, 2.24) is 30.4 Å². The van der Waals surface area contributed by atoms with Crippen molar-refractivity contribution in [3.63, 3.8) is 0 Å². The number of nitrogens with one attached hydrogen (secondary N) is 2. The van der Waals surface area contributed by atoms with Crippen LogP contribution < -0.4 is 15.5 Å². The van der Waals surface area contributed by atoms with Crippen molar-refractivity contribution in [2.75, 3.05) is 19.0 Å². The molecule has 8 nitrogen and oxygen atoms in total. The summed E-state index contributed by atoms with van der Waals surface area (Å²) in [6.07, 6.45) is 3.80. The predicted octanol–water partition coefficient (Wildman–Crippen LogP) is 0.685. The van der Waals surface area contributed by atoms with Crippen molar-refractivity contribution in [2.45, 2.75) is 32.5 Å². The van der Waals surface area contributed by atoms with Gasteiger partial charge in [0.25, 0.3) is 0 Å². The first-order valence-electron chi connectivity index (χ1n) is 7.69. The molecule has 0 bridgehead atoms. The fourth-order valence-electron chi connectivity index (χ4n) is 2.71. The first-order valence-corrected chi connectivity index (χ1v) is 7.69. The molecule has 2 aromatic rings. The lowest BCUT2D eigenvalue weighted by Crippen LogP contribution is -2.35. The summed E-state index contributed by atoms with van der Waals surface area (Å²) in [5, 5.41) is 13.9. The van der Waals surface area contributed by atoms with Crippen LogP contribution in [-0.4, -0.2) is 39.9 Å². The zero-order valence-electron chi connectivity index (χ0n) is 13.4. The van der Waals surface area contributed by atoms with E-state index in [0.29, 0.717) is 13.1 Å². The number of aromatic nitrogens is 4. The maximum Gasteiger partial charge on any atom is 0.315 e. The lowest BCUT2D eigenvalue weighted by atomic mass is 10.2. The molecule has 23 heavy (non-hydrogen) atoms. The summed E-state index contributed by atoms with van der Waals surface area (Å²) in [4.78, 5) is 18.2. The number of nitrogens with zero attached hydrogens (tertiary/aromatic N) is 5. The van der Waals surface area contributed by atoms with Gasteiger partial charge in [-0.25, -0.2) is 9.78 Å². The molecule has 3 rings (SSSR count). The van der Waals surface area contributed by atoms with Gasteiger partial charge in [0.1, 0.15) is 11.6 Å². The summed E-state index contributed by atoms with van der Waals surface area (Å²) in [5.41, 5.74) is 0.969. The Bertz CT molecular complexity index is 695. The monoisotopic (exact) mass is 315 g/mol. The summed E-state index contributed by atoms with van der Waals surface area (Å²) in [6, 6.07) is 3.59. The van der Waals surface area contributed by atoms with Crippen LogP contribution >= 0.6 is 0 Å². The Kier molecular flexibility index (Phi) is 4.40. The van der Waals surface area contributed by atoms with E-state index in [1.165, 1.54) is 0 Å². The zero-order chi connectivity index (χ0) is 16.2. The highest BCUT2D eigenvalue weighted by atomic mass is 16.2. The molecule has 2 amide bonds. The summed E-state index contributed by atoms with van der Waals surface area (Å²) >= 11 is 0. The predicted molar refractivity (Wildman–Crippen MR) is 86.0 cm³/mol. The number of hydrogen-bond acceptors (Lipinski definition) is 5. The van der Waals surface area contributed by atoms with E-state index in [0.717, 1.165) is 42.4 Å². The molecule has 3 heterocycles. The SMILES string of the molecule is CN(C)c1ncccc1CNC(=O)NCc1nnc2n1CCC2. The second-order valence-electron chi connectivity index (χ2n) is 5.70. The van der Waals surface area contributed by atoms with E-state index in [1.807, 2.05) is 31.1 Å². The Labute approximate surface area is 134 Å². The summed E-state index contributed by atoms with van der Waals surface area (Å²) in [6.45, 7) is 1.74. The Hall–Kier alpha value is -2.64. The molecule has 0 atom stereocenters. The van der Waals surface area contributed by atoms with Crippen molar-refractivity contribution in [3.05, 3.63) is 35.5 Å². The minimum atomic E-state index is -0.228. The largest absolute Gasteiger partial charge is 0.362 e. The van der Waals surface area contributed by atoms with Gasteiger partial charge in [0.15, 0.2) is 5.82 Å². The lowest BCUT2D eigenvalue weighted by Gasteiger charge is -2.16. The third-order valence-corrected chi connectivity index (χ3v) is 3.82. The van der Waals surface area contributed by atoms with Crippen molar-refractivity contribution in [2.24, 2.45) is 0 Å². The molecule has 8 heteroatoms. The van der Waals surface area contributed by atoms with Crippen LogP contribution in [0.3, 0.4) is 0 Å². The molecule has 0 unspecified atom stereocenters. The molecule has 0 fully saturated rings. The van der Waals surface area contributed by atoms with Crippen LogP contribution in [-0.2, 0) is 26.1 Å². The molecular weight excluding hydrogens is 294 g/mol. The lowest BCUT2D eigenvalue weighted by molar-refractivity contribution is 0.239. The van der Waals surface area contributed by atoms with Gasteiger partial charge in [0.2, 0.25) is 0 Å². The first-order chi connectivity index (χ1) is 11.1. The minimum absolute atomic E-state index is 0.228. The summed E-state index contributed by atoms with van der Waals surface area (Å²) < 4.78 is 2.07. The van der Waals surface area contributed by atoms with E-state index in [4.69, 9.17) is 0 Å². The molecule has 0 saturated heterocycles. The normalized spacial score (nSPS) is 12.8. The number of aryl methyl sites for hydroxylation is 1. The van der Waals surface area contributed by atoms with Gasteiger partial charge in [0, 0.05) is 45.4 Å². The Morgan fingerprint density at radius 1 is 1.30 bits per heavy atom. The van der Waals surface area contributed by atoms with Crippen LogP contribution in [0.4, 0.5) is 10.6 Å². The summed E-state index contributed by atoms with van der Waals surface area (Å²) in [5.74, 6) is 2.67. The molecule has 0 aromatic carbocycles. The van der Waals surface area contributed by atoms with E-state index >= 15 is 0 Å². The molecule has 1 aliphatic heterocycles. The zero-order valence-corrected chi connectivity index (χ0v) is 13.4. The van der Waals surface area contributed by atoms with Crippen molar-refractivity contribution >= 4 is 11.8 Å². The average Bonchev–Trinajstić information content (AvgIpc) is 3.15. The Balaban J connectivity index is 1.52. The van der Waals surface area contributed by atoms with Crippen LogP contribution in [0.5, 0.6) is 0 Å². The molecule has 0 aliphatic carbocycles. The average molecular weight is 315 g/mol. The molecule has 0 spiro atoms. The number of amides is 2. The van der Waals surface area contributed by atoms with Crippen LogP contribution in [0.15, 0.2) is 18.3 Å². The fourth-order valence-corrected chi connectivity index (χ4v) is 2.71. The number of rotatable bonds is 5. The molecule has 0 saturated carbocycles. The third kappa shape index (κ3) is 3.41. The second kappa shape index (κ2) is 6.64. The van der Waals surface area contributed by atoms with Gasteiger partial charge in [-0.15, -0.1) is 10.2 Å². The summed E-state index contributed by atoms with van der Waals surface area (Å²) in [7, 11) is 3.86. The van der Waals surface area contributed by atoms with E-state index in [9.17, 15) is 4.79 Å². The van der Waals surface area contributed by atoms with Gasteiger partial charge in [-0.05, 0) is 12.5 Å². The molecule has 0 radical (unpaired) electrons. The number of hydrogen-bond donors (Lipinski definition) is 2. The van der Waals surface area contributed by atoms with E-state index < -0.39 is 0 Å².